The number of alkyl halides is 3. The zero-order chi connectivity index (χ0) is 17.8. The molecule has 4 nitrogen and oxygen atoms in total. The van der Waals surface area contributed by atoms with E-state index in [9.17, 15) is 13.2 Å². The summed E-state index contributed by atoms with van der Waals surface area (Å²) in [5, 5.41) is 6.25. The average molecular weight is 478 g/mol. The molecule has 1 aliphatic rings. The monoisotopic (exact) mass is 478 g/mol. The summed E-state index contributed by atoms with van der Waals surface area (Å²) in [6.07, 6.45) is 0.799. The normalized spacial score (nSPS) is 19.4. The molecule has 1 heterocycles. The van der Waals surface area contributed by atoms with Crippen LogP contribution >= 0.6 is 24.0 Å². The number of halogens is 4. The quantitative estimate of drug-likeness (QED) is 0.226. The molecule has 150 valence electrons. The summed E-state index contributed by atoms with van der Waals surface area (Å²) >= 11 is 0. The third kappa shape index (κ3) is 12.7. The van der Waals surface area contributed by atoms with Gasteiger partial charge in [-0.3, -0.25) is 4.99 Å². The van der Waals surface area contributed by atoms with Crippen molar-refractivity contribution in [3.8, 4) is 0 Å². The highest BCUT2D eigenvalue weighted by Gasteiger charge is 2.25. The van der Waals surface area contributed by atoms with Gasteiger partial charge in [-0.2, -0.15) is 13.2 Å². The highest BCUT2D eigenvalue weighted by molar-refractivity contribution is 14.0. The molecule has 1 fully saturated rings. The van der Waals surface area contributed by atoms with Crippen LogP contribution in [0.15, 0.2) is 4.99 Å². The zero-order valence-corrected chi connectivity index (χ0v) is 17.8. The summed E-state index contributed by atoms with van der Waals surface area (Å²) in [4.78, 5) is 7.04. The van der Waals surface area contributed by atoms with Crippen molar-refractivity contribution in [3.05, 3.63) is 0 Å². The van der Waals surface area contributed by atoms with E-state index in [1.165, 1.54) is 25.8 Å². The van der Waals surface area contributed by atoms with Crippen molar-refractivity contribution in [2.75, 3.05) is 32.7 Å². The van der Waals surface area contributed by atoms with Crippen LogP contribution in [0.4, 0.5) is 13.2 Å². The fourth-order valence-electron chi connectivity index (χ4n) is 2.95. The molecule has 1 saturated heterocycles. The molecule has 0 bridgehead atoms. The molecule has 0 radical (unpaired) electrons. The predicted molar refractivity (Wildman–Crippen MR) is 109 cm³/mol. The molecule has 0 aromatic carbocycles. The zero-order valence-electron chi connectivity index (χ0n) is 15.5. The van der Waals surface area contributed by atoms with Crippen LogP contribution in [0.25, 0.3) is 0 Å². The van der Waals surface area contributed by atoms with Crippen LogP contribution in [-0.2, 0) is 0 Å². The van der Waals surface area contributed by atoms with E-state index in [1.807, 2.05) is 6.92 Å². The number of guanidine groups is 1. The molecule has 0 saturated carbocycles. The summed E-state index contributed by atoms with van der Waals surface area (Å²) in [6.45, 7) is 8.52. The van der Waals surface area contributed by atoms with E-state index in [1.54, 1.807) is 0 Å². The van der Waals surface area contributed by atoms with Crippen molar-refractivity contribution in [3.63, 3.8) is 0 Å². The Morgan fingerprint density at radius 2 is 1.92 bits per heavy atom. The summed E-state index contributed by atoms with van der Waals surface area (Å²) in [6, 6.07) is 0.669. The van der Waals surface area contributed by atoms with Gasteiger partial charge in [0, 0.05) is 38.6 Å². The van der Waals surface area contributed by atoms with Crippen LogP contribution in [0, 0.1) is 0 Å². The molecule has 0 aliphatic carbocycles. The number of piperidine rings is 1. The molecule has 0 aromatic rings. The first-order valence-corrected chi connectivity index (χ1v) is 9.25. The smallest absolute Gasteiger partial charge is 0.357 e. The first-order chi connectivity index (χ1) is 11.4. The fraction of sp³-hybridized carbons (Fsp3) is 0.941. The lowest BCUT2D eigenvalue weighted by Gasteiger charge is -2.33. The third-order valence-corrected chi connectivity index (χ3v) is 4.34. The number of unbranched alkanes of at least 4 members (excludes halogenated alkanes) is 1. The van der Waals surface area contributed by atoms with Crippen molar-refractivity contribution < 1.29 is 13.2 Å². The maximum atomic E-state index is 12.1. The minimum Gasteiger partial charge on any atom is -0.357 e. The van der Waals surface area contributed by atoms with Crippen molar-refractivity contribution in [1.82, 2.24) is 15.5 Å². The lowest BCUT2D eigenvalue weighted by atomic mass is 10.0. The van der Waals surface area contributed by atoms with E-state index in [4.69, 9.17) is 0 Å². The van der Waals surface area contributed by atoms with E-state index in [0.29, 0.717) is 25.0 Å². The topological polar surface area (TPSA) is 39.7 Å². The van der Waals surface area contributed by atoms with Crippen molar-refractivity contribution in [2.45, 2.75) is 71.0 Å². The van der Waals surface area contributed by atoms with Crippen LogP contribution in [0.5, 0.6) is 0 Å². The second-order valence-corrected chi connectivity index (χ2v) is 6.49. The molecule has 1 aliphatic heterocycles. The Kier molecular flexibility index (Phi) is 13.7. The standard InChI is InChI=1S/C17H33F3N4.HI/c1-3-21-16(22-11-6-5-10-17(18,19)20)23-12-8-14-24-13-7-4-9-15(24)2;/h15H,3-14H2,1-2H3,(H2,21,22,23);1H. The summed E-state index contributed by atoms with van der Waals surface area (Å²) in [7, 11) is 0. The Balaban J connectivity index is 0.00000576. The van der Waals surface area contributed by atoms with Gasteiger partial charge in [0.15, 0.2) is 5.96 Å². The Hall–Kier alpha value is -0.250. The molecule has 0 amide bonds. The number of rotatable bonds is 9. The maximum Gasteiger partial charge on any atom is 0.389 e. The molecule has 1 rings (SSSR count). The first kappa shape index (κ1) is 24.8. The van der Waals surface area contributed by atoms with Crippen LogP contribution in [0.1, 0.15) is 58.8 Å². The average Bonchev–Trinajstić information content (AvgIpc) is 2.51. The Bertz CT molecular complexity index is 364. The lowest BCUT2D eigenvalue weighted by molar-refractivity contribution is -0.135. The van der Waals surface area contributed by atoms with E-state index in [2.05, 4.69) is 27.4 Å². The molecule has 1 unspecified atom stereocenters. The number of aliphatic imine (C=N–C) groups is 1. The molecule has 25 heavy (non-hydrogen) atoms. The van der Waals surface area contributed by atoms with Gasteiger partial charge in [0.05, 0.1) is 0 Å². The highest BCUT2D eigenvalue weighted by atomic mass is 127. The Morgan fingerprint density at radius 3 is 2.56 bits per heavy atom. The van der Waals surface area contributed by atoms with E-state index in [-0.39, 0.29) is 30.4 Å². The van der Waals surface area contributed by atoms with Gasteiger partial charge in [-0.25, -0.2) is 0 Å². The number of nitrogens with one attached hydrogen (secondary N) is 2. The van der Waals surface area contributed by atoms with E-state index < -0.39 is 12.6 Å². The molecular formula is C17H34F3IN4. The van der Waals surface area contributed by atoms with E-state index in [0.717, 1.165) is 26.1 Å². The lowest BCUT2D eigenvalue weighted by Crippen LogP contribution is -2.39. The number of nitrogens with zero attached hydrogens (tertiary/aromatic N) is 2. The number of hydrogen-bond donors (Lipinski definition) is 2. The molecule has 1 atom stereocenters. The predicted octanol–water partition coefficient (Wildman–Crippen LogP) is 4.16. The second-order valence-electron chi connectivity index (χ2n) is 6.49. The second kappa shape index (κ2) is 13.9. The SMILES string of the molecule is CCNC(=NCCCN1CCCCC1C)NCCCCC(F)(F)F.I. The van der Waals surface area contributed by atoms with Crippen molar-refractivity contribution >= 4 is 29.9 Å². The molecular weight excluding hydrogens is 444 g/mol. The van der Waals surface area contributed by atoms with Crippen molar-refractivity contribution in [2.24, 2.45) is 4.99 Å². The molecule has 2 N–H and O–H groups in total. The van der Waals surface area contributed by atoms with Crippen LogP contribution in [0.3, 0.4) is 0 Å². The van der Waals surface area contributed by atoms with Gasteiger partial charge in [-0.1, -0.05) is 6.42 Å². The summed E-state index contributed by atoms with van der Waals surface area (Å²) < 4.78 is 36.3. The molecule has 0 spiro atoms. The van der Waals surface area contributed by atoms with Gasteiger partial charge in [-0.15, -0.1) is 24.0 Å². The van der Waals surface area contributed by atoms with Gasteiger partial charge in [0.1, 0.15) is 0 Å². The molecule has 0 aromatic heterocycles. The maximum absolute atomic E-state index is 12.1. The van der Waals surface area contributed by atoms with Gasteiger partial charge in [0.2, 0.25) is 0 Å². The number of hydrogen-bond acceptors (Lipinski definition) is 2. The van der Waals surface area contributed by atoms with Gasteiger partial charge in [0.25, 0.3) is 0 Å². The number of likely N-dealkylation sites (tertiary alicyclic amines) is 1. The molecule has 8 heteroatoms. The largest absolute Gasteiger partial charge is 0.389 e. The Labute approximate surface area is 167 Å². The van der Waals surface area contributed by atoms with Gasteiger partial charge >= 0.3 is 6.18 Å². The fourth-order valence-corrected chi connectivity index (χ4v) is 2.95. The van der Waals surface area contributed by atoms with E-state index >= 15 is 0 Å². The minimum absolute atomic E-state index is 0. The summed E-state index contributed by atoms with van der Waals surface area (Å²) in [5.74, 6) is 0.705. The van der Waals surface area contributed by atoms with Crippen LogP contribution in [0.2, 0.25) is 0 Å². The van der Waals surface area contributed by atoms with Gasteiger partial charge in [-0.05, 0) is 52.5 Å². The first-order valence-electron chi connectivity index (χ1n) is 9.25. The van der Waals surface area contributed by atoms with Crippen LogP contribution < -0.4 is 10.6 Å². The Morgan fingerprint density at radius 1 is 1.16 bits per heavy atom. The highest BCUT2D eigenvalue weighted by Crippen LogP contribution is 2.21. The van der Waals surface area contributed by atoms with Crippen molar-refractivity contribution in [1.29, 1.82) is 0 Å². The third-order valence-electron chi connectivity index (χ3n) is 4.34. The van der Waals surface area contributed by atoms with Gasteiger partial charge < -0.3 is 15.5 Å². The summed E-state index contributed by atoms with van der Waals surface area (Å²) in [5.41, 5.74) is 0. The minimum atomic E-state index is -4.05. The van der Waals surface area contributed by atoms with Crippen LogP contribution in [-0.4, -0.2) is 55.8 Å².